The molecule has 3 heteroatoms. The standard InChI is InChI=1S/C5H8O3/c1-2-3-4(6)5(7)8/h3,6H,2H2,1H3,(H,7,8). The molecule has 0 spiro atoms. The first-order valence-electron chi connectivity index (χ1n) is 2.31. The summed E-state index contributed by atoms with van der Waals surface area (Å²) in [6.07, 6.45) is 1.78. The Morgan fingerprint density at radius 1 is 1.62 bits per heavy atom. The van der Waals surface area contributed by atoms with Crippen molar-refractivity contribution in [3.8, 4) is 0 Å². The van der Waals surface area contributed by atoms with Gasteiger partial charge in [-0.3, -0.25) is 0 Å². The van der Waals surface area contributed by atoms with E-state index in [1.54, 1.807) is 6.92 Å². The molecule has 0 aromatic heterocycles. The van der Waals surface area contributed by atoms with Crippen molar-refractivity contribution in [2.45, 2.75) is 13.3 Å². The van der Waals surface area contributed by atoms with Gasteiger partial charge in [-0.2, -0.15) is 0 Å². The van der Waals surface area contributed by atoms with Gasteiger partial charge in [0.25, 0.3) is 0 Å². The lowest BCUT2D eigenvalue weighted by Gasteiger charge is -1.86. The van der Waals surface area contributed by atoms with Gasteiger partial charge in [0.2, 0.25) is 0 Å². The molecule has 0 radical (unpaired) electrons. The molecular weight excluding hydrogens is 108 g/mol. The van der Waals surface area contributed by atoms with Gasteiger partial charge in [0.15, 0.2) is 5.76 Å². The summed E-state index contributed by atoms with van der Waals surface area (Å²) in [5, 5.41) is 16.4. The van der Waals surface area contributed by atoms with Gasteiger partial charge < -0.3 is 10.2 Å². The molecule has 0 fully saturated rings. The number of hydrogen-bond donors (Lipinski definition) is 2. The van der Waals surface area contributed by atoms with Crippen LogP contribution < -0.4 is 0 Å². The molecular formula is C5H8O3. The quantitative estimate of drug-likeness (QED) is 0.416. The second-order valence-electron chi connectivity index (χ2n) is 1.30. The number of allylic oxidation sites excluding steroid dienone is 1. The molecule has 0 unspecified atom stereocenters. The smallest absolute Gasteiger partial charge is 0.370 e. The maximum absolute atomic E-state index is 9.77. The summed E-state index contributed by atoms with van der Waals surface area (Å²) in [7, 11) is 0. The first-order chi connectivity index (χ1) is 3.68. The lowest BCUT2D eigenvalue weighted by atomic mass is 10.4. The van der Waals surface area contributed by atoms with Crippen molar-refractivity contribution in [1.29, 1.82) is 0 Å². The highest BCUT2D eigenvalue weighted by Crippen LogP contribution is 1.89. The molecule has 3 nitrogen and oxygen atoms in total. The Morgan fingerprint density at radius 3 is 2.25 bits per heavy atom. The number of rotatable bonds is 2. The van der Waals surface area contributed by atoms with Crippen LogP contribution in [0, 0.1) is 0 Å². The average Bonchev–Trinajstić information content (AvgIpc) is 1.67. The lowest BCUT2D eigenvalue weighted by molar-refractivity contribution is -0.135. The zero-order chi connectivity index (χ0) is 6.57. The van der Waals surface area contributed by atoms with Gasteiger partial charge in [-0.05, 0) is 12.5 Å². The molecule has 0 amide bonds. The molecule has 0 aromatic carbocycles. The Bertz CT molecular complexity index is 115. The molecule has 0 bridgehead atoms. The van der Waals surface area contributed by atoms with Crippen molar-refractivity contribution in [3.63, 3.8) is 0 Å². The molecule has 2 N–H and O–H groups in total. The predicted octanol–water partition coefficient (Wildman–Crippen LogP) is 0.923. The fraction of sp³-hybridized carbons (Fsp3) is 0.400. The summed E-state index contributed by atoms with van der Waals surface area (Å²) < 4.78 is 0. The third-order valence-electron chi connectivity index (χ3n) is 0.617. The first-order valence-corrected chi connectivity index (χ1v) is 2.31. The molecule has 0 heterocycles. The molecule has 0 aliphatic heterocycles. The van der Waals surface area contributed by atoms with Crippen molar-refractivity contribution >= 4 is 5.97 Å². The highest BCUT2D eigenvalue weighted by Gasteiger charge is 1.99. The molecule has 0 saturated heterocycles. The number of hydrogen-bond acceptors (Lipinski definition) is 2. The van der Waals surface area contributed by atoms with Gasteiger partial charge in [-0.25, -0.2) is 4.79 Å². The number of carboxylic acids is 1. The number of aliphatic hydroxyl groups is 1. The number of aliphatic carboxylic acids is 1. The fourth-order valence-electron chi connectivity index (χ4n) is 0.281. The fourth-order valence-corrected chi connectivity index (χ4v) is 0.281. The third kappa shape index (κ3) is 2.23. The van der Waals surface area contributed by atoms with Crippen molar-refractivity contribution < 1.29 is 15.0 Å². The maximum Gasteiger partial charge on any atom is 0.370 e. The Balaban J connectivity index is 3.80. The van der Waals surface area contributed by atoms with Gasteiger partial charge in [0.05, 0.1) is 0 Å². The maximum atomic E-state index is 9.77. The van der Waals surface area contributed by atoms with E-state index in [-0.39, 0.29) is 0 Å². The van der Waals surface area contributed by atoms with Gasteiger partial charge >= 0.3 is 5.97 Å². The van der Waals surface area contributed by atoms with Crippen LogP contribution in [0.1, 0.15) is 13.3 Å². The van der Waals surface area contributed by atoms with E-state index in [2.05, 4.69) is 0 Å². The second kappa shape index (κ2) is 3.07. The highest BCUT2D eigenvalue weighted by molar-refractivity contribution is 5.83. The highest BCUT2D eigenvalue weighted by atomic mass is 16.4. The molecule has 0 aliphatic rings. The van der Waals surface area contributed by atoms with E-state index in [1.807, 2.05) is 0 Å². The minimum absolute atomic E-state index is 0.540. The molecule has 8 heavy (non-hydrogen) atoms. The van der Waals surface area contributed by atoms with Crippen molar-refractivity contribution in [1.82, 2.24) is 0 Å². The summed E-state index contributed by atoms with van der Waals surface area (Å²) >= 11 is 0. The number of aliphatic hydroxyl groups excluding tert-OH is 1. The first kappa shape index (κ1) is 7.01. The summed E-state index contributed by atoms with van der Waals surface area (Å²) in [5.41, 5.74) is 0. The van der Waals surface area contributed by atoms with Crippen LogP contribution in [0.3, 0.4) is 0 Å². The minimum Gasteiger partial charge on any atom is -0.502 e. The normalized spacial score (nSPS) is 11.4. The number of carboxylic acid groups (broad SMARTS) is 1. The van der Waals surface area contributed by atoms with E-state index < -0.39 is 11.7 Å². The van der Waals surface area contributed by atoms with Gasteiger partial charge in [-0.15, -0.1) is 0 Å². The van der Waals surface area contributed by atoms with Crippen LogP contribution in [0.2, 0.25) is 0 Å². The monoisotopic (exact) mass is 116 g/mol. The molecule has 0 aliphatic carbocycles. The molecule has 46 valence electrons. The van der Waals surface area contributed by atoms with Crippen LogP contribution >= 0.6 is 0 Å². The Labute approximate surface area is 47.3 Å². The number of carbonyl (C=O) groups is 1. The van der Waals surface area contributed by atoms with Crippen molar-refractivity contribution in [3.05, 3.63) is 11.8 Å². The van der Waals surface area contributed by atoms with E-state index in [0.717, 1.165) is 0 Å². The Kier molecular flexibility index (Phi) is 2.69. The van der Waals surface area contributed by atoms with E-state index in [1.165, 1.54) is 6.08 Å². The van der Waals surface area contributed by atoms with Gasteiger partial charge in [0, 0.05) is 0 Å². The lowest BCUT2D eigenvalue weighted by Crippen LogP contribution is -1.97. The predicted molar refractivity (Wildman–Crippen MR) is 28.6 cm³/mol. The second-order valence-corrected chi connectivity index (χ2v) is 1.30. The van der Waals surface area contributed by atoms with Crippen LogP contribution in [0.25, 0.3) is 0 Å². The van der Waals surface area contributed by atoms with Crippen molar-refractivity contribution in [2.24, 2.45) is 0 Å². The van der Waals surface area contributed by atoms with Crippen LogP contribution in [-0.4, -0.2) is 16.2 Å². The average molecular weight is 116 g/mol. The van der Waals surface area contributed by atoms with Gasteiger partial charge in [-0.1, -0.05) is 6.92 Å². The molecule has 0 saturated carbocycles. The zero-order valence-corrected chi connectivity index (χ0v) is 4.59. The zero-order valence-electron chi connectivity index (χ0n) is 4.59. The van der Waals surface area contributed by atoms with Crippen LogP contribution in [-0.2, 0) is 4.79 Å². The summed E-state index contributed by atoms with van der Waals surface area (Å²) in [6.45, 7) is 1.75. The molecule has 0 rings (SSSR count). The van der Waals surface area contributed by atoms with Crippen LogP contribution in [0.4, 0.5) is 0 Å². The van der Waals surface area contributed by atoms with E-state index >= 15 is 0 Å². The third-order valence-corrected chi connectivity index (χ3v) is 0.617. The topological polar surface area (TPSA) is 57.5 Å². The molecule has 0 aromatic rings. The van der Waals surface area contributed by atoms with E-state index in [4.69, 9.17) is 10.2 Å². The molecule has 0 atom stereocenters. The Morgan fingerprint density at radius 2 is 2.12 bits per heavy atom. The van der Waals surface area contributed by atoms with Crippen LogP contribution in [0.5, 0.6) is 0 Å². The van der Waals surface area contributed by atoms with E-state index in [0.29, 0.717) is 6.42 Å². The van der Waals surface area contributed by atoms with Gasteiger partial charge in [0.1, 0.15) is 0 Å². The van der Waals surface area contributed by atoms with Crippen molar-refractivity contribution in [2.75, 3.05) is 0 Å². The largest absolute Gasteiger partial charge is 0.502 e. The van der Waals surface area contributed by atoms with E-state index in [9.17, 15) is 4.79 Å². The summed E-state index contributed by atoms with van der Waals surface area (Å²) in [6, 6.07) is 0. The summed E-state index contributed by atoms with van der Waals surface area (Å²) in [5.74, 6) is -1.85. The SMILES string of the molecule is CCC=C(O)C(=O)O. The Hall–Kier alpha value is -0.990. The van der Waals surface area contributed by atoms with Crippen LogP contribution in [0.15, 0.2) is 11.8 Å². The summed E-state index contributed by atoms with van der Waals surface area (Å²) in [4.78, 5) is 9.77. The minimum atomic E-state index is -1.27.